The number of hydrogen-bond donors (Lipinski definition) is 4. The number of ether oxygens (including phenoxy) is 1. The van der Waals surface area contributed by atoms with Gasteiger partial charge in [0.05, 0.1) is 12.6 Å². The summed E-state index contributed by atoms with van der Waals surface area (Å²) in [5, 5.41) is 24.4. The van der Waals surface area contributed by atoms with Crippen molar-refractivity contribution in [3.8, 4) is 28.3 Å². The van der Waals surface area contributed by atoms with Crippen LogP contribution >= 0.6 is 0 Å². The number of aromatic nitrogens is 2. The molecule has 0 spiro atoms. The van der Waals surface area contributed by atoms with Crippen molar-refractivity contribution in [3.05, 3.63) is 102 Å². The Morgan fingerprint density at radius 3 is 1.98 bits per heavy atom. The lowest BCUT2D eigenvalue weighted by Crippen LogP contribution is -2.52. The van der Waals surface area contributed by atoms with E-state index in [4.69, 9.17) is 4.74 Å². The molecule has 9 nitrogen and oxygen atoms in total. The molecule has 0 bridgehead atoms. The Bertz CT molecular complexity index is 1550. The second-order valence-electron chi connectivity index (χ2n) is 12.1. The Balaban J connectivity index is 1.46. The smallest absolute Gasteiger partial charge is 0.251 e. The van der Waals surface area contributed by atoms with Crippen LogP contribution < -0.4 is 15.4 Å². The van der Waals surface area contributed by atoms with Crippen LogP contribution in [0.3, 0.4) is 0 Å². The summed E-state index contributed by atoms with van der Waals surface area (Å²) < 4.78 is 5.65. The molecule has 0 fully saturated rings. The van der Waals surface area contributed by atoms with E-state index >= 15 is 0 Å². The van der Waals surface area contributed by atoms with Gasteiger partial charge in [-0.25, -0.2) is 9.97 Å². The normalized spacial score (nSPS) is 12.8. The minimum atomic E-state index is -1.74. The lowest BCUT2D eigenvalue weighted by atomic mass is 9.86. The van der Waals surface area contributed by atoms with Gasteiger partial charge in [-0.05, 0) is 59.7 Å². The summed E-state index contributed by atoms with van der Waals surface area (Å²) in [7, 11) is 0. The first kappa shape index (κ1) is 33.3. The summed E-state index contributed by atoms with van der Waals surface area (Å²) in [6, 6.07) is 20.7. The zero-order valence-electron chi connectivity index (χ0n) is 26.4. The molecule has 1 heterocycles. The van der Waals surface area contributed by atoms with E-state index in [1.807, 2.05) is 60.7 Å². The predicted molar refractivity (Wildman–Crippen MR) is 175 cm³/mol. The molecule has 1 aromatic heterocycles. The van der Waals surface area contributed by atoms with Gasteiger partial charge in [-0.1, -0.05) is 76.2 Å². The van der Waals surface area contributed by atoms with Crippen LogP contribution in [-0.2, 0) is 16.6 Å². The van der Waals surface area contributed by atoms with Crippen molar-refractivity contribution in [1.29, 1.82) is 0 Å². The Kier molecular flexibility index (Phi) is 11.0. The van der Waals surface area contributed by atoms with Crippen LogP contribution in [0.25, 0.3) is 22.5 Å². The highest BCUT2D eigenvalue weighted by Gasteiger charge is 2.25. The highest BCUT2D eigenvalue weighted by Crippen LogP contribution is 2.24. The van der Waals surface area contributed by atoms with Crippen LogP contribution in [0.2, 0.25) is 0 Å². The van der Waals surface area contributed by atoms with E-state index in [2.05, 4.69) is 48.3 Å². The van der Waals surface area contributed by atoms with Crippen LogP contribution in [0.1, 0.15) is 62.5 Å². The van der Waals surface area contributed by atoms with Crippen molar-refractivity contribution < 1.29 is 24.5 Å². The fourth-order valence-electron chi connectivity index (χ4n) is 4.59. The van der Waals surface area contributed by atoms with Gasteiger partial charge in [-0.15, -0.1) is 0 Å². The van der Waals surface area contributed by atoms with E-state index in [1.54, 1.807) is 24.5 Å². The maximum atomic E-state index is 13.1. The Labute approximate surface area is 264 Å². The number of carbonyl (C=O) groups is 2. The maximum Gasteiger partial charge on any atom is 0.251 e. The quantitative estimate of drug-likeness (QED) is 0.165. The molecule has 2 atom stereocenters. The van der Waals surface area contributed by atoms with E-state index in [0.717, 1.165) is 40.0 Å². The van der Waals surface area contributed by atoms with Gasteiger partial charge >= 0.3 is 0 Å². The first-order chi connectivity index (χ1) is 21.4. The van der Waals surface area contributed by atoms with Crippen LogP contribution in [0, 0.1) is 0 Å². The zero-order valence-corrected chi connectivity index (χ0v) is 26.4. The molecule has 9 heteroatoms. The molecule has 0 aliphatic carbocycles. The molecular weight excluding hydrogens is 568 g/mol. The summed E-state index contributed by atoms with van der Waals surface area (Å²) in [6.45, 7) is 10.5. The minimum absolute atomic E-state index is 0.0617. The number of aliphatic hydroxyl groups is 2. The van der Waals surface area contributed by atoms with Gasteiger partial charge in [0, 0.05) is 35.5 Å². The number of nitrogens with one attached hydrogen (secondary N) is 2. The highest BCUT2D eigenvalue weighted by molar-refractivity contribution is 5.97. The number of rotatable bonds is 12. The Hall–Kier alpha value is -4.60. The number of benzene rings is 3. The Morgan fingerprint density at radius 1 is 0.822 bits per heavy atom. The number of nitrogens with zero attached hydrogens (tertiary/aromatic N) is 2. The van der Waals surface area contributed by atoms with Gasteiger partial charge in [0.1, 0.15) is 11.8 Å². The lowest BCUT2D eigenvalue weighted by molar-refractivity contribution is -0.128. The topological polar surface area (TPSA) is 134 Å². The average molecular weight is 611 g/mol. The minimum Gasteiger partial charge on any atom is -0.494 e. The van der Waals surface area contributed by atoms with Gasteiger partial charge in [-0.3, -0.25) is 9.59 Å². The molecule has 0 unspecified atom stereocenters. The summed E-state index contributed by atoms with van der Waals surface area (Å²) in [5.74, 6) is 0.456. The van der Waals surface area contributed by atoms with Crippen LogP contribution in [0.15, 0.2) is 85.2 Å². The number of hydrogen-bond acceptors (Lipinski definition) is 7. The summed E-state index contributed by atoms with van der Waals surface area (Å²) in [6.07, 6.45) is 2.95. The second-order valence-corrected chi connectivity index (χ2v) is 12.1. The molecule has 4 rings (SSSR count). The third-order valence-corrected chi connectivity index (χ3v) is 7.42. The summed E-state index contributed by atoms with van der Waals surface area (Å²) >= 11 is 0. The van der Waals surface area contributed by atoms with E-state index in [9.17, 15) is 19.8 Å². The molecule has 0 aliphatic rings. The molecule has 236 valence electrons. The third-order valence-electron chi connectivity index (χ3n) is 7.42. The van der Waals surface area contributed by atoms with Crippen molar-refractivity contribution in [2.24, 2.45) is 0 Å². The molecule has 4 aromatic rings. The van der Waals surface area contributed by atoms with E-state index in [1.165, 1.54) is 6.92 Å². The number of carbonyl (C=O) groups excluding carboxylic acids is 2. The monoisotopic (exact) mass is 610 g/mol. The lowest BCUT2D eigenvalue weighted by Gasteiger charge is -2.23. The molecule has 0 saturated carbocycles. The fraction of sp³-hybridized carbons (Fsp3) is 0.333. The van der Waals surface area contributed by atoms with Crippen LogP contribution in [0.5, 0.6) is 5.75 Å². The van der Waals surface area contributed by atoms with Gasteiger partial charge < -0.3 is 25.6 Å². The molecule has 0 radical (unpaired) electrons. The second kappa shape index (κ2) is 14.9. The molecule has 4 N–H and O–H groups in total. The number of amides is 2. The highest BCUT2D eigenvalue weighted by atomic mass is 16.5. The molecule has 3 aromatic carbocycles. The van der Waals surface area contributed by atoms with Crippen molar-refractivity contribution in [2.75, 3.05) is 6.61 Å². The van der Waals surface area contributed by atoms with Crippen LogP contribution in [-0.4, -0.2) is 57.0 Å². The van der Waals surface area contributed by atoms with E-state index in [0.29, 0.717) is 18.0 Å². The van der Waals surface area contributed by atoms with E-state index < -0.39 is 30.2 Å². The molecule has 0 aliphatic heterocycles. The Morgan fingerprint density at radius 2 is 1.42 bits per heavy atom. The largest absolute Gasteiger partial charge is 0.494 e. The fourth-order valence-corrected chi connectivity index (χ4v) is 4.59. The van der Waals surface area contributed by atoms with Crippen molar-refractivity contribution in [3.63, 3.8) is 0 Å². The third kappa shape index (κ3) is 9.20. The van der Waals surface area contributed by atoms with Crippen molar-refractivity contribution in [1.82, 2.24) is 20.6 Å². The predicted octanol–water partition coefficient (Wildman–Crippen LogP) is 5.05. The zero-order chi connectivity index (χ0) is 32.6. The van der Waals surface area contributed by atoms with Crippen molar-refractivity contribution >= 4 is 11.8 Å². The molecule has 45 heavy (non-hydrogen) atoms. The average Bonchev–Trinajstić information content (AvgIpc) is 3.03. The standard InChI is InChI=1S/C36H42N4O5/c1-6-19-45-30-17-13-25(14-18-30)28-21-37-32(38-22-28)26-9-7-24(8-10-26)20-31(34(42)39-23(2)35(43)44)40-33(41)27-11-15-29(16-12-27)36(3,4)5/h7-18,21-23,31,35,43-44H,6,19-20H2,1-5H3,(H,39,42)(H,40,41)/t23-,31+/m1/s1. The first-order valence-corrected chi connectivity index (χ1v) is 15.2. The SMILES string of the molecule is CCCOc1ccc(-c2cnc(-c3ccc(C[C@H](NC(=O)c4ccc(C(C)(C)C)cc4)C(=O)N[C@H](C)C(O)O)cc3)nc2)cc1. The summed E-state index contributed by atoms with van der Waals surface area (Å²) in [5.41, 5.74) is 4.92. The van der Waals surface area contributed by atoms with Gasteiger partial charge in [0.2, 0.25) is 5.91 Å². The van der Waals surface area contributed by atoms with Gasteiger partial charge in [0.15, 0.2) is 12.1 Å². The summed E-state index contributed by atoms with van der Waals surface area (Å²) in [4.78, 5) is 35.4. The maximum absolute atomic E-state index is 13.1. The van der Waals surface area contributed by atoms with E-state index in [-0.39, 0.29) is 11.8 Å². The van der Waals surface area contributed by atoms with Crippen molar-refractivity contribution in [2.45, 2.75) is 71.2 Å². The molecular formula is C36H42N4O5. The molecule has 2 amide bonds. The van der Waals surface area contributed by atoms with Crippen LogP contribution in [0.4, 0.5) is 0 Å². The molecule has 0 saturated heterocycles. The number of aliphatic hydroxyl groups excluding tert-OH is 1. The van der Waals surface area contributed by atoms with Gasteiger partial charge in [0.25, 0.3) is 5.91 Å². The first-order valence-electron chi connectivity index (χ1n) is 15.2. The van der Waals surface area contributed by atoms with Gasteiger partial charge in [-0.2, -0.15) is 0 Å².